The molecule has 0 saturated heterocycles. The Hall–Kier alpha value is -0.610. The fourth-order valence-corrected chi connectivity index (χ4v) is 3.16. The highest BCUT2D eigenvalue weighted by Crippen LogP contribution is 2.31. The topological polar surface area (TPSA) is 47.6 Å². The lowest BCUT2D eigenvalue weighted by molar-refractivity contribution is -0.125. The van der Waals surface area contributed by atoms with Crippen LogP contribution in [0.3, 0.4) is 0 Å². The number of rotatable bonds is 7. The van der Waals surface area contributed by atoms with Gasteiger partial charge in [0.2, 0.25) is 5.91 Å². The summed E-state index contributed by atoms with van der Waals surface area (Å²) in [6, 6.07) is 0. The summed E-state index contributed by atoms with van der Waals surface area (Å²) in [7, 11) is 3.47. The van der Waals surface area contributed by atoms with Crippen LogP contribution in [0.5, 0.6) is 0 Å². The predicted molar refractivity (Wildman–Crippen MR) is 80.8 cm³/mol. The van der Waals surface area contributed by atoms with Crippen LogP contribution in [0, 0.1) is 11.8 Å². The Morgan fingerprint density at radius 1 is 1.47 bits per heavy atom. The molecule has 4 nitrogen and oxygen atoms in total. The van der Waals surface area contributed by atoms with Crippen LogP contribution in [0.15, 0.2) is 12.2 Å². The van der Waals surface area contributed by atoms with E-state index < -0.39 is 0 Å². The number of ether oxygens (including phenoxy) is 2. The van der Waals surface area contributed by atoms with Crippen LogP contribution in [-0.2, 0) is 14.3 Å². The van der Waals surface area contributed by atoms with Crippen molar-refractivity contribution < 1.29 is 14.3 Å². The third-order valence-corrected chi connectivity index (χ3v) is 4.37. The first-order chi connectivity index (χ1) is 9.33. The Kier molecular flexibility index (Phi) is 9.72. The van der Waals surface area contributed by atoms with Crippen molar-refractivity contribution >= 4 is 27.5 Å². The molecule has 0 fully saturated rings. The van der Waals surface area contributed by atoms with E-state index in [0.29, 0.717) is 19.8 Å². The molecule has 0 saturated carbocycles. The zero-order chi connectivity index (χ0) is 13.8. The molecule has 1 heterocycles. The minimum Gasteiger partial charge on any atom is -0.369 e. The molecule has 0 aromatic carbocycles. The summed E-state index contributed by atoms with van der Waals surface area (Å²) in [5, 5.41) is 2.66. The lowest BCUT2D eigenvalue weighted by atomic mass is 10.4. The van der Waals surface area contributed by atoms with Crippen molar-refractivity contribution in [2.75, 3.05) is 32.1 Å². The molecule has 1 atom stereocenters. The van der Waals surface area contributed by atoms with Crippen LogP contribution in [0.25, 0.3) is 0 Å². The van der Waals surface area contributed by atoms with Crippen LogP contribution in [0.1, 0.15) is 13.3 Å². The lowest BCUT2D eigenvalue weighted by Gasteiger charge is -2.15. The fraction of sp³-hybridized carbons (Fsp3) is 0.615. The summed E-state index contributed by atoms with van der Waals surface area (Å²) >= 11 is 0. The summed E-state index contributed by atoms with van der Waals surface area (Å²) in [5.74, 6) is 6.60. The van der Waals surface area contributed by atoms with Crippen LogP contribution in [-0.4, -0.2) is 43.5 Å². The smallest absolute Gasteiger partial charge is 0.246 e. The SMILES string of the molecule is CCC#CCNC(=O)COCCOC1C=CCSS1. The van der Waals surface area contributed by atoms with E-state index in [2.05, 4.69) is 23.2 Å². The van der Waals surface area contributed by atoms with Crippen LogP contribution >= 0.6 is 21.6 Å². The number of carbonyl (C=O) groups excluding carboxylic acids is 1. The van der Waals surface area contributed by atoms with Crippen molar-refractivity contribution in [2.45, 2.75) is 18.8 Å². The van der Waals surface area contributed by atoms with E-state index in [0.717, 1.165) is 12.2 Å². The molecule has 1 aliphatic rings. The third kappa shape index (κ3) is 9.00. The number of amides is 1. The van der Waals surface area contributed by atoms with E-state index in [9.17, 15) is 4.79 Å². The molecular formula is C13H19NO3S2. The van der Waals surface area contributed by atoms with Gasteiger partial charge in [-0.2, -0.15) is 0 Å². The van der Waals surface area contributed by atoms with Gasteiger partial charge in [0.15, 0.2) is 0 Å². The standard InChI is InChI=1S/C13H19NO3S2/c1-2-3-4-7-14-12(15)11-16-8-9-17-13-6-5-10-18-19-13/h5-6,13H,2,7-11H2,1H3,(H,14,15). The summed E-state index contributed by atoms with van der Waals surface area (Å²) in [6.45, 7) is 3.32. The normalized spacial score (nSPS) is 17.6. The van der Waals surface area contributed by atoms with Gasteiger partial charge in [-0.25, -0.2) is 0 Å². The first kappa shape index (κ1) is 16.4. The van der Waals surface area contributed by atoms with Gasteiger partial charge in [-0.3, -0.25) is 4.79 Å². The summed E-state index contributed by atoms with van der Waals surface area (Å²) in [5.41, 5.74) is 0.0977. The minimum absolute atomic E-state index is 0.0551. The van der Waals surface area contributed by atoms with E-state index in [1.165, 1.54) is 0 Å². The Labute approximate surface area is 122 Å². The maximum absolute atomic E-state index is 11.3. The Morgan fingerprint density at radius 3 is 3.11 bits per heavy atom. The van der Waals surface area contributed by atoms with Gasteiger partial charge in [-0.15, -0.1) is 5.92 Å². The van der Waals surface area contributed by atoms with E-state index in [1.807, 2.05) is 13.0 Å². The predicted octanol–water partition coefficient (Wildman–Crippen LogP) is 1.83. The molecule has 1 rings (SSSR count). The van der Waals surface area contributed by atoms with Gasteiger partial charge in [0.1, 0.15) is 12.0 Å². The van der Waals surface area contributed by atoms with E-state index in [-0.39, 0.29) is 18.0 Å². The van der Waals surface area contributed by atoms with Gasteiger partial charge in [0, 0.05) is 12.2 Å². The monoisotopic (exact) mass is 301 g/mol. The van der Waals surface area contributed by atoms with E-state index in [4.69, 9.17) is 9.47 Å². The molecule has 19 heavy (non-hydrogen) atoms. The molecule has 0 aliphatic carbocycles. The van der Waals surface area contributed by atoms with Gasteiger partial charge >= 0.3 is 0 Å². The molecule has 0 bridgehead atoms. The fourth-order valence-electron chi connectivity index (χ4n) is 1.20. The summed E-state index contributed by atoms with van der Waals surface area (Å²) < 4.78 is 10.8. The quantitative estimate of drug-likeness (QED) is 0.336. The van der Waals surface area contributed by atoms with Crippen molar-refractivity contribution in [3.63, 3.8) is 0 Å². The number of carbonyl (C=O) groups is 1. The van der Waals surface area contributed by atoms with E-state index in [1.54, 1.807) is 21.6 Å². The minimum atomic E-state index is -0.145. The first-order valence-corrected chi connectivity index (χ1v) is 8.58. The Morgan fingerprint density at radius 2 is 2.37 bits per heavy atom. The average molecular weight is 301 g/mol. The molecule has 0 aromatic heterocycles. The molecule has 1 unspecified atom stereocenters. The molecule has 0 aromatic rings. The highest BCUT2D eigenvalue weighted by atomic mass is 33.1. The van der Waals surface area contributed by atoms with Gasteiger partial charge in [0.05, 0.1) is 19.8 Å². The van der Waals surface area contributed by atoms with E-state index >= 15 is 0 Å². The molecule has 1 amide bonds. The van der Waals surface area contributed by atoms with Gasteiger partial charge < -0.3 is 14.8 Å². The van der Waals surface area contributed by atoms with Crippen molar-refractivity contribution in [1.82, 2.24) is 5.32 Å². The second-order valence-electron chi connectivity index (χ2n) is 3.58. The summed E-state index contributed by atoms with van der Waals surface area (Å²) in [6.07, 6.45) is 4.94. The van der Waals surface area contributed by atoms with Crippen molar-refractivity contribution in [3.05, 3.63) is 12.2 Å². The lowest BCUT2D eigenvalue weighted by Crippen LogP contribution is -2.28. The molecule has 0 spiro atoms. The van der Waals surface area contributed by atoms with Gasteiger partial charge in [0.25, 0.3) is 0 Å². The highest BCUT2D eigenvalue weighted by Gasteiger charge is 2.09. The summed E-state index contributed by atoms with van der Waals surface area (Å²) in [4.78, 5) is 11.3. The number of hydrogen-bond acceptors (Lipinski definition) is 5. The maximum atomic E-state index is 11.3. The average Bonchev–Trinajstić information content (AvgIpc) is 2.44. The molecule has 106 valence electrons. The first-order valence-electron chi connectivity index (χ1n) is 6.19. The van der Waals surface area contributed by atoms with Crippen molar-refractivity contribution in [2.24, 2.45) is 0 Å². The second kappa shape index (κ2) is 11.2. The molecule has 1 N–H and O–H groups in total. The Balaban J connectivity index is 1.93. The molecule has 1 aliphatic heterocycles. The molecular weight excluding hydrogens is 282 g/mol. The van der Waals surface area contributed by atoms with Crippen LogP contribution in [0.4, 0.5) is 0 Å². The number of nitrogens with one attached hydrogen (secondary N) is 1. The largest absolute Gasteiger partial charge is 0.369 e. The zero-order valence-electron chi connectivity index (χ0n) is 11.0. The maximum Gasteiger partial charge on any atom is 0.246 e. The molecule has 6 heteroatoms. The number of hydrogen-bond donors (Lipinski definition) is 1. The van der Waals surface area contributed by atoms with Crippen LogP contribution < -0.4 is 5.32 Å². The van der Waals surface area contributed by atoms with Gasteiger partial charge in [-0.05, 0) is 6.08 Å². The van der Waals surface area contributed by atoms with Crippen molar-refractivity contribution in [3.8, 4) is 11.8 Å². The second-order valence-corrected chi connectivity index (χ2v) is 6.10. The van der Waals surface area contributed by atoms with Crippen molar-refractivity contribution in [1.29, 1.82) is 0 Å². The highest BCUT2D eigenvalue weighted by molar-refractivity contribution is 8.77. The van der Waals surface area contributed by atoms with Crippen LogP contribution in [0.2, 0.25) is 0 Å². The Bertz CT molecular complexity index is 350. The molecule has 0 radical (unpaired) electrons. The zero-order valence-corrected chi connectivity index (χ0v) is 12.6. The third-order valence-electron chi connectivity index (χ3n) is 2.04. The van der Waals surface area contributed by atoms with Gasteiger partial charge in [-0.1, -0.05) is 40.5 Å².